The smallest absolute Gasteiger partial charge is 0.186 e. The Labute approximate surface area is 130 Å². The Morgan fingerprint density at radius 2 is 2.00 bits per heavy atom. The van der Waals surface area contributed by atoms with Crippen LogP contribution in [-0.2, 0) is 6.54 Å². The van der Waals surface area contributed by atoms with E-state index in [1.165, 1.54) is 0 Å². The van der Waals surface area contributed by atoms with Crippen molar-refractivity contribution in [3.8, 4) is 5.69 Å². The summed E-state index contributed by atoms with van der Waals surface area (Å²) in [7, 11) is 0. The maximum absolute atomic E-state index is 12.1. The van der Waals surface area contributed by atoms with E-state index in [9.17, 15) is 4.79 Å². The van der Waals surface area contributed by atoms with E-state index in [-0.39, 0.29) is 5.43 Å². The molecule has 0 fully saturated rings. The van der Waals surface area contributed by atoms with Crippen LogP contribution < -0.4 is 10.7 Å². The average molecular weight is 305 g/mol. The van der Waals surface area contributed by atoms with E-state index in [0.717, 1.165) is 23.5 Å². The molecule has 0 spiro atoms. The minimum atomic E-state index is 0.0621. The highest BCUT2D eigenvalue weighted by Crippen LogP contribution is 2.20. The molecule has 0 radical (unpaired) electrons. The first-order valence-electron chi connectivity index (χ1n) is 7.17. The molecule has 3 nitrogen and oxygen atoms in total. The molecular weight excluding hydrogens is 284 g/mol. The van der Waals surface area contributed by atoms with Crippen molar-refractivity contribution in [2.45, 2.75) is 27.3 Å². The number of halogens is 1. The Hall–Kier alpha value is -1.58. The van der Waals surface area contributed by atoms with Crippen molar-refractivity contribution in [3.63, 3.8) is 0 Å². The van der Waals surface area contributed by atoms with Crippen LogP contribution in [0.15, 0.2) is 41.3 Å². The van der Waals surface area contributed by atoms with Crippen LogP contribution in [-0.4, -0.2) is 11.1 Å². The van der Waals surface area contributed by atoms with Crippen LogP contribution in [0.2, 0.25) is 5.02 Å². The topological polar surface area (TPSA) is 34.0 Å². The van der Waals surface area contributed by atoms with Crippen molar-refractivity contribution in [1.82, 2.24) is 9.88 Å². The molecule has 0 saturated carbocycles. The van der Waals surface area contributed by atoms with E-state index in [2.05, 4.69) is 19.2 Å². The highest BCUT2D eigenvalue weighted by molar-refractivity contribution is 6.32. The molecular formula is C17H21ClN2O. The second-order valence-corrected chi connectivity index (χ2v) is 6.06. The lowest BCUT2D eigenvalue weighted by atomic mass is 10.2. The summed E-state index contributed by atoms with van der Waals surface area (Å²) < 4.78 is 1.97. The van der Waals surface area contributed by atoms with Crippen LogP contribution in [0.4, 0.5) is 0 Å². The van der Waals surface area contributed by atoms with Gasteiger partial charge in [0, 0.05) is 30.1 Å². The van der Waals surface area contributed by atoms with Crippen LogP contribution in [0.5, 0.6) is 0 Å². The summed E-state index contributed by atoms with van der Waals surface area (Å²) >= 11 is 6.25. The van der Waals surface area contributed by atoms with E-state index < -0.39 is 0 Å². The first kappa shape index (κ1) is 15.8. The van der Waals surface area contributed by atoms with Crippen molar-refractivity contribution in [3.05, 3.63) is 63.0 Å². The molecule has 0 aliphatic rings. The normalized spacial score (nSPS) is 11.1. The molecule has 0 bridgehead atoms. The van der Waals surface area contributed by atoms with Gasteiger partial charge in [0.2, 0.25) is 0 Å². The lowest BCUT2D eigenvalue weighted by Gasteiger charge is -2.15. The summed E-state index contributed by atoms with van der Waals surface area (Å²) in [6.45, 7) is 7.66. The molecule has 1 N–H and O–H groups in total. The molecule has 1 heterocycles. The molecule has 0 atom stereocenters. The van der Waals surface area contributed by atoms with Gasteiger partial charge in [-0.05, 0) is 31.5 Å². The van der Waals surface area contributed by atoms with Crippen molar-refractivity contribution in [1.29, 1.82) is 0 Å². The largest absolute Gasteiger partial charge is 0.319 e. The van der Waals surface area contributed by atoms with Gasteiger partial charge >= 0.3 is 0 Å². The molecule has 0 saturated heterocycles. The van der Waals surface area contributed by atoms with Crippen molar-refractivity contribution in [2.24, 2.45) is 5.92 Å². The van der Waals surface area contributed by atoms with Crippen molar-refractivity contribution in [2.75, 3.05) is 6.54 Å². The number of nitrogens with zero attached hydrogens (tertiary/aromatic N) is 1. The molecule has 4 heteroatoms. The molecule has 0 amide bonds. The van der Waals surface area contributed by atoms with Gasteiger partial charge in [-0.3, -0.25) is 4.79 Å². The van der Waals surface area contributed by atoms with E-state index in [4.69, 9.17) is 11.6 Å². The number of pyridine rings is 1. The fourth-order valence-electron chi connectivity index (χ4n) is 2.21. The molecule has 2 aromatic rings. The van der Waals surface area contributed by atoms with E-state index in [1.54, 1.807) is 6.07 Å². The van der Waals surface area contributed by atoms with E-state index in [1.807, 2.05) is 42.0 Å². The predicted octanol–water partition coefficient (Wildman–Crippen LogP) is 3.54. The van der Waals surface area contributed by atoms with Gasteiger partial charge in [0.15, 0.2) is 5.43 Å². The van der Waals surface area contributed by atoms with Crippen LogP contribution in [0.25, 0.3) is 5.69 Å². The third kappa shape index (κ3) is 3.96. The van der Waals surface area contributed by atoms with Gasteiger partial charge in [0.25, 0.3) is 0 Å². The molecule has 112 valence electrons. The zero-order valence-electron chi connectivity index (χ0n) is 12.7. The fraction of sp³-hybridized carbons (Fsp3) is 0.353. The minimum Gasteiger partial charge on any atom is -0.319 e. The number of hydrogen-bond acceptors (Lipinski definition) is 2. The third-order valence-corrected chi connectivity index (χ3v) is 3.62. The molecule has 1 aromatic carbocycles. The van der Waals surface area contributed by atoms with E-state index >= 15 is 0 Å². The molecule has 21 heavy (non-hydrogen) atoms. The lowest BCUT2D eigenvalue weighted by Crippen LogP contribution is -2.24. The summed E-state index contributed by atoms with van der Waals surface area (Å²) in [6, 6.07) is 9.30. The van der Waals surface area contributed by atoms with Gasteiger partial charge in [-0.2, -0.15) is 0 Å². The van der Waals surface area contributed by atoms with Gasteiger partial charge in [-0.25, -0.2) is 0 Å². The van der Waals surface area contributed by atoms with Gasteiger partial charge in [-0.15, -0.1) is 0 Å². The zero-order chi connectivity index (χ0) is 15.4. The maximum Gasteiger partial charge on any atom is 0.186 e. The Kier molecular flexibility index (Phi) is 5.21. The van der Waals surface area contributed by atoms with Crippen LogP contribution in [0.3, 0.4) is 0 Å². The number of para-hydroxylation sites is 1. The lowest BCUT2D eigenvalue weighted by molar-refractivity contribution is 0.550. The maximum atomic E-state index is 12.1. The Morgan fingerprint density at radius 1 is 1.29 bits per heavy atom. The number of nitrogens with one attached hydrogen (secondary N) is 1. The highest BCUT2D eigenvalue weighted by atomic mass is 35.5. The first-order valence-corrected chi connectivity index (χ1v) is 7.54. The molecule has 0 unspecified atom stereocenters. The molecule has 1 aromatic heterocycles. The second-order valence-electron chi connectivity index (χ2n) is 5.65. The predicted molar refractivity (Wildman–Crippen MR) is 88.3 cm³/mol. The number of hydrogen-bond donors (Lipinski definition) is 1. The summed E-state index contributed by atoms with van der Waals surface area (Å²) in [5.41, 5.74) is 2.58. The van der Waals surface area contributed by atoms with Crippen LogP contribution in [0.1, 0.15) is 25.1 Å². The van der Waals surface area contributed by atoms with Crippen LogP contribution >= 0.6 is 11.6 Å². The number of benzene rings is 1. The SMILES string of the molecule is Cc1cc(=O)c(CNCC(C)C)cn1-c1ccccc1Cl. The Morgan fingerprint density at radius 3 is 2.67 bits per heavy atom. The molecule has 2 rings (SSSR count). The van der Waals surface area contributed by atoms with Crippen molar-refractivity contribution >= 4 is 11.6 Å². The number of aromatic nitrogens is 1. The van der Waals surface area contributed by atoms with Gasteiger partial charge in [0.05, 0.1) is 10.7 Å². The summed E-state index contributed by atoms with van der Waals surface area (Å²) in [4.78, 5) is 12.1. The van der Waals surface area contributed by atoms with E-state index in [0.29, 0.717) is 17.5 Å². The zero-order valence-corrected chi connectivity index (χ0v) is 13.4. The Bertz CT molecular complexity index is 677. The molecule has 0 aliphatic heterocycles. The number of aryl methyl sites for hydroxylation is 1. The first-order chi connectivity index (χ1) is 9.99. The molecule has 0 aliphatic carbocycles. The monoisotopic (exact) mass is 304 g/mol. The summed E-state index contributed by atoms with van der Waals surface area (Å²) in [5, 5.41) is 3.98. The quantitative estimate of drug-likeness (QED) is 0.916. The van der Waals surface area contributed by atoms with Gasteiger partial charge in [0.1, 0.15) is 0 Å². The minimum absolute atomic E-state index is 0.0621. The standard InChI is InChI=1S/C17H21ClN2O/c1-12(2)9-19-10-14-11-20(13(3)8-17(14)21)16-7-5-4-6-15(16)18/h4-8,11-12,19H,9-10H2,1-3H3. The summed E-state index contributed by atoms with van der Waals surface area (Å²) in [5.74, 6) is 0.557. The Balaban J connectivity index is 2.35. The third-order valence-electron chi connectivity index (χ3n) is 3.30. The number of rotatable bonds is 5. The van der Waals surface area contributed by atoms with Gasteiger partial charge in [-0.1, -0.05) is 37.6 Å². The summed E-state index contributed by atoms with van der Waals surface area (Å²) in [6.07, 6.45) is 1.88. The second kappa shape index (κ2) is 6.92. The average Bonchev–Trinajstić information content (AvgIpc) is 2.42. The highest BCUT2D eigenvalue weighted by Gasteiger charge is 2.08. The fourth-order valence-corrected chi connectivity index (χ4v) is 2.43. The van der Waals surface area contributed by atoms with Gasteiger partial charge < -0.3 is 9.88 Å². The van der Waals surface area contributed by atoms with Crippen molar-refractivity contribution < 1.29 is 0 Å². The van der Waals surface area contributed by atoms with Crippen LogP contribution in [0, 0.1) is 12.8 Å².